The SMILES string of the molecule is CCc1cc(F)c([Si](C)(C)C)c(F)c1. The third-order valence-corrected chi connectivity index (χ3v) is 4.24. The van der Waals surface area contributed by atoms with Crippen LogP contribution in [-0.2, 0) is 6.42 Å². The molecule has 0 aromatic heterocycles. The van der Waals surface area contributed by atoms with Gasteiger partial charge in [-0.3, -0.25) is 0 Å². The van der Waals surface area contributed by atoms with Crippen LogP contribution in [0.1, 0.15) is 12.5 Å². The molecule has 0 saturated heterocycles. The quantitative estimate of drug-likeness (QED) is 0.664. The standard InChI is InChI=1S/C11H16F2Si/c1-5-8-6-9(12)11(10(13)7-8)14(2,3)4/h6-7H,5H2,1-4H3. The minimum Gasteiger partial charge on any atom is -0.207 e. The fourth-order valence-electron chi connectivity index (χ4n) is 1.55. The molecule has 1 aromatic carbocycles. The van der Waals surface area contributed by atoms with Crippen molar-refractivity contribution < 1.29 is 8.78 Å². The Morgan fingerprint density at radius 1 is 1.07 bits per heavy atom. The summed E-state index contributed by atoms with van der Waals surface area (Å²) in [5.74, 6) is -0.748. The first-order chi connectivity index (χ1) is 6.36. The first-order valence-corrected chi connectivity index (χ1v) is 8.34. The summed E-state index contributed by atoms with van der Waals surface area (Å²) >= 11 is 0. The van der Waals surface area contributed by atoms with Crippen LogP contribution in [-0.4, -0.2) is 8.07 Å². The smallest absolute Gasteiger partial charge is 0.125 e. The maximum Gasteiger partial charge on any atom is 0.125 e. The van der Waals surface area contributed by atoms with E-state index in [-0.39, 0.29) is 11.6 Å². The molecule has 0 unspecified atom stereocenters. The van der Waals surface area contributed by atoms with Crippen LogP contribution in [0.3, 0.4) is 0 Å². The Balaban J connectivity index is 3.33. The zero-order valence-electron chi connectivity index (χ0n) is 9.12. The Labute approximate surface area is 85.0 Å². The van der Waals surface area contributed by atoms with Crippen LogP contribution in [0.4, 0.5) is 8.78 Å². The van der Waals surface area contributed by atoms with Gasteiger partial charge in [-0.25, -0.2) is 8.78 Å². The van der Waals surface area contributed by atoms with Crippen molar-refractivity contribution in [2.75, 3.05) is 0 Å². The van der Waals surface area contributed by atoms with Crippen LogP contribution in [0.5, 0.6) is 0 Å². The number of rotatable bonds is 2. The molecule has 3 heteroatoms. The molecule has 78 valence electrons. The maximum atomic E-state index is 13.6. The molecule has 0 aliphatic rings. The molecule has 0 nitrogen and oxygen atoms in total. The van der Waals surface area contributed by atoms with Crippen molar-refractivity contribution in [3.8, 4) is 0 Å². The van der Waals surface area contributed by atoms with Crippen LogP contribution in [0.25, 0.3) is 0 Å². The van der Waals surface area contributed by atoms with Crippen molar-refractivity contribution >= 4 is 13.3 Å². The highest BCUT2D eigenvalue weighted by atomic mass is 28.3. The second-order valence-corrected chi connectivity index (χ2v) is 9.54. The van der Waals surface area contributed by atoms with Gasteiger partial charge < -0.3 is 0 Å². The molecule has 0 N–H and O–H groups in total. The predicted octanol–water partition coefficient (Wildman–Crippen LogP) is 3.07. The molecular weight excluding hydrogens is 198 g/mol. The van der Waals surface area contributed by atoms with Crippen molar-refractivity contribution in [3.05, 3.63) is 29.3 Å². The second-order valence-electron chi connectivity index (χ2n) is 4.54. The largest absolute Gasteiger partial charge is 0.207 e. The predicted molar refractivity (Wildman–Crippen MR) is 58.7 cm³/mol. The van der Waals surface area contributed by atoms with Crippen LogP contribution in [0, 0.1) is 11.6 Å². The molecule has 0 aliphatic carbocycles. The molecule has 0 heterocycles. The number of halogens is 2. The molecule has 0 bridgehead atoms. The van der Waals surface area contributed by atoms with Gasteiger partial charge in [-0.05, 0) is 24.1 Å². The molecule has 1 rings (SSSR count). The van der Waals surface area contributed by atoms with Crippen molar-refractivity contribution in [1.29, 1.82) is 0 Å². The first-order valence-electron chi connectivity index (χ1n) is 4.84. The number of aryl methyl sites for hydroxylation is 1. The molecular formula is C11H16F2Si. The van der Waals surface area contributed by atoms with Crippen LogP contribution in [0.15, 0.2) is 12.1 Å². The third kappa shape index (κ3) is 2.21. The lowest BCUT2D eigenvalue weighted by Crippen LogP contribution is -2.42. The molecule has 0 radical (unpaired) electrons. The fourth-order valence-corrected chi connectivity index (χ4v) is 3.12. The molecule has 0 spiro atoms. The highest BCUT2D eigenvalue weighted by molar-refractivity contribution is 6.88. The summed E-state index contributed by atoms with van der Waals surface area (Å²) in [4.78, 5) is 0. The fraction of sp³-hybridized carbons (Fsp3) is 0.455. The Morgan fingerprint density at radius 2 is 1.50 bits per heavy atom. The zero-order valence-corrected chi connectivity index (χ0v) is 10.1. The summed E-state index contributed by atoms with van der Waals surface area (Å²) in [6, 6.07) is 2.91. The van der Waals surface area contributed by atoms with Gasteiger partial charge in [0.1, 0.15) is 11.6 Å². The van der Waals surface area contributed by atoms with Crippen molar-refractivity contribution in [2.45, 2.75) is 33.0 Å². The Hall–Kier alpha value is -0.703. The van der Waals surface area contributed by atoms with Gasteiger partial charge in [0.05, 0.1) is 8.07 Å². The summed E-state index contributed by atoms with van der Waals surface area (Å²) in [6.07, 6.45) is 0.666. The van der Waals surface area contributed by atoms with Gasteiger partial charge in [0.25, 0.3) is 0 Å². The lowest BCUT2D eigenvalue weighted by Gasteiger charge is -2.18. The maximum absolute atomic E-state index is 13.6. The Morgan fingerprint density at radius 3 is 1.79 bits per heavy atom. The van der Waals surface area contributed by atoms with Crippen molar-refractivity contribution in [1.82, 2.24) is 0 Å². The topological polar surface area (TPSA) is 0 Å². The molecule has 0 amide bonds. The van der Waals surface area contributed by atoms with Crippen molar-refractivity contribution in [2.24, 2.45) is 0 Å². The van der Waals surface area contributed by atoms with Gasteiger partial charge in [-0.2, -0.15) is 0 Å². The minimum absolute atomic E-state index is 0.315. The van der Waals surface area contributed by atoms with Gasteiger partial charge in [0, 0.05) is 5.19 Å². The van der Waals surface area contributed by atoms with Crippen molar-refractivity contribution in [3.63, 3.8) is 0 Å². The number of benzene rings is 1. The van der Waals surface area contributed by atoms with Crippen LogP contribution < -0.4 is 5.19 Å². The lowest BCUT2D eigenvalue weighted by molar-refractivity contribution is 0.593. The lowest BCUT2D eigenvalue weighted by atomic mass is 10.1. The molecule has 14 heavy (non-hydrogen) atoms. The molecule has 0 fully saturated rings. The second kappa shape index (κ2) is 3.81. The minimum atomic E-state index is -1.91. The average Bonchev–Trinajstić information content (AvgIpc) is 1.99. The van der Waals surface area contributed by atoms with E-state index in [2.05, 4.69) is 0 Å². The van der Waals surface area contributed by atoms with Crippen LogP contribution in [0.2, 0.25) is 19.6 Å². The van der Waals surface area contributed by atoms with Crippen LogP contribution >= 0.6 is 0 Å². The number of hydrogen-bond donors (Lipinski definition) is 0. The van der Waals surface area contributed by atoms with Gasteiger partial charge in [-0.1, -0.05) is 26.6 Å². The summed E-state index contributed by atoms with van der Waals surface area (Å²) in [6.45, 7) is 7.72. The van der Waals surface area contributed by atoms with E-state index in [4.69, 9.17) is 0 Å². The monoisotopic (exact) mass is 214 g/mol. The first kappa shape index (κ1) is 11.4. The molecule has 1 aromatic rings. The summed E-state index contributed by atoms with van der Waals surface area (Å²) < 4.78 is 27.2. The number of hydrogen-bond acceptors (Lipinski definition) is 0. The average molecular weight is 214 g/mol. The van der Waals surface area contributed by atoms with E-state index in [0.717, 1.165) is 5.56 Å². The van der Waals surface area contributed by atoms with E-state index in [9.17, 15) is 8.78 Å². The third-order valence-electron chi connectivity index (χ3n) is 2.26. The Kier molecular flexibility index (Phi) is 3.09. The normalized spacial score (nSPS) is 11.9. The van der Waals surface area contributed by atoms with E-state index in [0.29, 0.717) is 11.6 Å². The summed E-state index contributed by atoms with van der Waals surface area (Å²) in [5, 5.41) is 0.315. The summed E-state index contributed by atoms with van der Waals surface area (Å²) in [5.41, 5.74) is 0.724. The van der Waals surface area contributed by atoms with E-state index < -0.39 is 8.07 Å². The highest BCUT2D eigenvalue weighted by Crippen LogP contribution is 2.12. The van der Waals surface area contributed by atoms with Gasteiger partial charge in [0.15, 0.2) is 0 Å². The zero-order chi connectivity index (χ0) is 10.9. The van der Waals surface area contributed by atoms with E-state index >= 15 is 0 Å². The highest BCUT2D eigenvalue weighted by Gasteiger charge is 2.25. The van der Waals surface area contributed by atoms with Gasteiger partial charge >= 0.3 is 0 Å². The molecule has 0 atom stereocenters. The van der Waals surface area contributed by atoms with E-state index in [1.165, 1.54) is 12.1 Å². The van der Waals surface area contributed by atoms with E-state index in [1.54, 1.807) is 0 Å². The Bertz CT molecular complexity index is 317. The molecule has 0 saturated carbocycles. The van der Waals surface area contributed by atoms with Gasteiger partial charge in [0.2, 0.25) is 0 Å². The summed E-state index contributed by atoms with van der Waals surface area (Å²) in [7, 11) is -1.91. The van der Waals surface area contributed by atoms with E-state index in [1.807, 2.05) is 26.6 Å². The van der Waals surface area contributed by atoms with Gasteiger partial charge in [-0.15, -0.1) is 0 Å². The molecule has 0 aliphatic heterocycles.